The molecule has 0 amide bonds. The summed E-state index contributed by atoms with van der Waals surface area (Å²) in [6.07, 6.45) is 0.421. The van der Waals surface area contributed by atoms with E-state index >= 15 is 0 Å². The Morgan fingerprint density at radius 1 is 1.13 bits per heavy atom. The van der Waals surface area contributed by atoms with Crippen LogP contribution in [0.1, 0.15) is 39.0 Å². The van der Waals surface area contributed by atoms with Crippen LogP contribution in [0.25, 0.3) is 0 Å². The van der Waals surface area contributed by atoms with E-state index in [1.807, 2.05) is 19.9 Å². The first kappa shape index (κ1) is 12.3. The SMILES string of the molecule is Cc1cc(C(=O)CCCl)c(C)c(C)c1C. The predicted molar refractivity (Wildman–Crippen MR) is 65.1 cm³/mol. The molecule has 0 bridgehead atoms. The summed E-state index contributed by atoms with van der Waals surface area (Å²) in [6.45, 7) is 8.20. The van der Waals surface area contributed by atoms with Crippen LogP contribution in [0.3, 0.4) is 0 Å². The summed E-state index contributed by atoms with van der Waals surface area (Å²) in [7, 11) is 0. The van der Waals surface area contributed by atoms with Gasteiger partial charge in [0, 0.05) is 17.9 Å². The average Bonchev–Trinajstić information content (AvgIpc) is 2.20. The molecule has 15 heavy (non-hydrogen) atoms. The Morgan fingerprint density at radius 3 is 2.27 bits per heavy atom. The van der Waals surface area contributed by atoms with Crippen molar-refractivity contribution in [3.8, 4) is 0 Å². The van der Waals surface area contributed by atoms with Crippen LogP contribution in [-0.4, -0.2) is 11.7 Å². The third kappa shape index (κ3) is 2.40. The molecule has 0 saturated heterocycles. The van der Waals surface area contributed by atoms with Crippen LogP contribution in [0.4, 0.5) is 0 Å². The first-order chi connectivity index (χ1) is 6.99. The zero-order valence-corrected chi connectivity index (χ0v) is 10.5. The number of halogens is 1. The fourth-order valence-corrected chi connectivity index (χ4v) is 1.89. The molecule has 0 fully saturated rings. The number of hydrogen-bond donors (Lipinski definition) is 0. The van der Waals surface area contributed by atoms with E-state index in [0.717, 1.165) is 11.1 Å². The molecule has 0 aromatic heterocycles. The van der Waals surface area contributed by atoms with Crippen LogP contribution >= 0.6 is 11.6 Å². The van der Waals surface area contributed by atoms with Crippen LogP contribution in [0.15, 0.2) is 6.07 Å². The van der Waals surface area contributed by atoms with Gasteiger partial charge in [-0.1, -0.05) is 0 Å². The maximum atomic E-state index is 11.8. The lowest BCUT2D eigenvalue weighted by molar-refractivity contribution is 0.0988. The summed E-state index contributed by atoms with van der Waals surface area (Å²) in [5.41, 5.74) is 5.59. The predicted octanol–water partition coefficient (Wildman–Crippen LogP) is 3.73. The summed E-state index contributed by atoms with van der Waals surface area (Å²) in [5, 5.41) is 0. The smallest absolute Gasteiger partial charge is 0.164 e. The number of carbonyl (C=O) groups excluding carboxylic acids is 1. The van der Waals surface area contributed by atoms with Gasteiger partial charge in [0.2, 0.25) is 0 Å². The molecule has 1 nitrogen and oxygen atoms in total. The molecule has 1 aromatic carbocycles. The largest absolute Gasteiger partial charge is 0.294 e. The maximum Gasteiger partial charge on any atom is 0.164 e. The minimum atomic E-state index is 0.147. The third-order valence-electron chi connectivity index (χ3n) is 3.10. The van der Waals surface area contributed by atoms with Gasteiger partial charge in [-0.3, -0.25) is 4.79 Å². The van der Waals surface area contributed by atoms with E-state index in [1.54, 1.807) is 0 Å². The van der Waals surface area contributed by atoms with E-state index in [2.05, 4.69) is 13.8 Å². The van der Waals surface area contributed by atoms with E-state index in [4.69, 9.17) is 11.6 Å². The second kappa shape index (κ2) is 4.80. The molecule has 1 rings (SSSR count). The Balaban J connectivity index is 3.26. The highest BCUT2D eigenvalue weighted by atomic mass is 35.5. The molecule has 0 unspecified atom stereocenters. The summed E-state index contributed by atoms with van der Waals surface area (Å²) in [5.74, 6) is 0.540. The number of rotatable bonds is 3. The number of alkyl halides is 1. The molecule has 0 aliphatic heterocycles. The van der Waals surface area contributed by atoms with Gasteiger partial charge in [-0.25, -0.2) is 0 Å². The molecular weight excluding hydrogens is 208 g/mol. The Labute approximate surface area is 96.5 Å². The second-order valence-corrected chi connectivity index (χ2v) is 4.36. The summed E-state index contributed by atoms with van der Waals surface area (Å²) in [6, 6.07) is 1.98. The van der Waals surface area contributed by atoms with Gasteiger partial charge in [0.1, 0.15) is 0 Å². The molecule has 2 heteroatoms. The minimum Gasteiger partial charge on any atom is -0.294 e. The Morgan fingerprint density at radius 2 is 1.73 bits per heavy atom. The molecule has 0 aliphatic rings. The normalized spacial score (nSPS) is 10.5. The molecule has 82 valence electrons. The first-order valence-electron chi connectivity index (χ1n) is 5.15. The standard InChI is InChI=1S/C13H17ClO/c1-8-7-12(13(15)5-6-14)11(4)10(3)9(8)2/h7H,5-6H2,1-4H3. The first-order valence-corrected chi connectivity index (χ1v) is 5.69. The van der Waals surface area contributed by atoms with Gasteiger partial charge in [-0.2, -0.15) is 0 Å². The lowest BCUT2D eigenvalue weighted by Crippen LogP contribution is -2.06. The highest BCUT2D eigenvalue weighted by Gasteiger charge is 2.12. The van der Waals surface area contributed by atoms with Gasteiger partial charge in [-0.05, 0) is 56.0 Å². The van der Waals surface area contributed by atoms with E-state index in [1.165, 1.54) is 16.7 Å². The molecule has 0 radical (unpaired) electrons. The van der Waals surface area contributed by atoms with Crippen molar-refractivity contribution in [3.63, 3.8) is 0 Å². The number of carbonyl (C=O) groups is 1. The van der Waals surface area contributed by atoms with E-state index < -0.39 is 0 Å². The summed E-state index contributed by atoms with van der Waals surface area (Å²) >= 11 is 5.59. The number of hydrogen-bond acceptors (Lipinski definition) is 1. The molecule has 0 atom stereocenters. The van der Waals surface area contributed by atoms with Crippen molar-refractivity contribution >= 4 is 17.4 Å². The second-order valence-electron chi connectivity index (χ2n) is 3.98. The van der Waals surface area contributed by atoms with Crippen LogP contribution in [-0.2, 0) is 0 Å². The van der Waals surface area contributed by atoms with Gasteiger partial charge in [0.15, 0.2) is 5.78 Å². The highest BCUT2D eigenvalue weighted by Crippen LogP contribution is 2.22. The van der Waals surface area contributed by atoms with Gasteiger partial charge < -0.3 is 0 Å². The van der Waals surface area contributed by atoms with Crippen molar-refractivity contribution in [2.45, 2.75) is 34.1 Å². The Hall–Kier alpha value is -0.820. The number of aryl methyl sites for hydroxylation is 1. The molecule has 0 heterocycles. The molecule has 0 spiro atoms. The highest BCUT2D eigenvalue weighted by molar-refractivity contribution is 6.19. The Bertz CT molecular complexity index is 394. The molecule has 0 N–H and O–H groups in total. The third-order valence-corrected chi connectivity index (χ3v) is 3.29. The van der Waals surface area contributed by atoms with Crippen molar-refractivity contribution in [2.24, 2.45) is 0 Å². The molecular formula is C13H17ClO. The monoisotopic (exact) mass is 224 g/mol. The van der Waals surface area contributed by atoms with Gasteiger partial charge in [0.05, 0.1) is 0 Å². The number of Topliss-reactive ketones (excluding diaryl/α,β-unsaturated/α-hetero) is 1. The van der Waals surface area contributed by atoms with Gasteiger partial charge in [0.25, 0.3) is 0 Å². The van der Waals surface area contributed by atoms with E-state index in [9.17, 15) is 4.79 Å². The molecule has 1 aromatic rings. The van der Waals surface area contributed by atoms with E-state index in [0.29, 0.717) is 12.3 Å². The molecule has 0 aliphatic carbocycles. The van der Waals surface area contributed by atoms with Crippen LogP contribution < -0.4 is 0 Å². The van der Waals surface area contributed by atoms with Crippen molar-refractivity contribution in [1.82, 2.24) is 0 Å². The number of benzene rings is 1. The lowest BCUT2D eigenvalue weighted by atomic mass is 9.92. The van der Waals surface area contributed by atoms with Crippen molar-refractivity contribution in [2.75, 3.05) is 5.88 Å². The quantitative estimate of drug-likeness (QED) is 0.565. The van der Waals surface area contributed by atoms with Crippen molar-refractivity contribution in [1.29, 1.82) is 0 Å². The average molecular weight is 225 g/mol. The van der Waals surface area contributed by atoms with Crippen LogP contribution in [0.2, 0.25) is 0 Å². The van der Waals surface area contributed by atoms with Crippen LogP contribution in [0, 0.1) is 27.7 Å². The topological polar surface area (TPSA) is 17.1 Å². The lowest BCUT2D eigenvalue weighted by Gasteiger charge is -2.13. The van der Waals surface area contributed by atoms with Crippen molar-refractivity contribution < 1.29 is 4.79 Å². The summed E-state index contributed by atoms with van der Waals surface area (Å²) < 4.78 is 0. The minimum absolute atomic E-state index is 0.147. The molecule has 0 saturated carbocycles. The van der Waals surface area contributed by atoms with E-state index in [-0.39, 0.29) is 5.78 Å². The van der Waals surface area contributed by atoms with Gasteiger partial charge in [-0.15, -0.1) is 11.6 Å². The Kier molecular flexibility index (Phi) is 3.92. The zero-order chi connectivity index (χ0) is 11.6. The maximum absolute atomic E-state index is 11.8. The summed E-state index contributed by atoms with van der Waals surface area (Å²) in [4.78, 5) is 11.8. The van der Waals surface area contributed by atoms with Crippen LogP contribution in [0.5, 0.6) is 0 Å². The fourth-order valence-electron chi connectivity index (χ4n) is 1.72. The number of ketones is 1. The fraction of sp³-hybridized carbons (Fsp3) is 0.462. The zero-order valence-electron chi connectivity index (χ0n) is 9.78. The van der Waals surface area contributed by atoms with Gasteiger partial charge >= 0.3 is 0 Å². The van der Waals surface area contributed by atoms with Crippen molar-refractivity contribution in [3.05, 3.63) is 33.9 Å².